The van der Waals surface area contributed by atoms with E-state index >= 15 is 0 Å². The molecule has 1 heterocycles. The van der Waals surface area contributed by atoms with E-state index in [2.05, 4.69) is 12.2 Å². The highest BCUT2D eigenvalue weighted by molar-refractivity contribution is 6.21. The van der Waals surface area contributed by atoms with Gasteiger partial charge in [0.2, 0.25) is 0 Å². The van der Waals surface area contributed by atoms with Gasteiger partial charge < -0.3 is 0 Å². The second-order valence-electron chi connectivity index (χ2n) is 8.72. The molecule has 1 aliphatic rings. The van der Waals surface area contributed by atoms with E-state index in [1.165, 1.54) is 102 Å². The predicted octanol–water partition coefficient (Wildman–Crippen LogP) is 7.37. The molecule has 0 saturated carbocycles. The number of imide groups is 1. The standard InChI is InChI=1S/C26H41NO2/c1-2-3-4-5-6-7-8-9-10-11-12-13-14-15-16-17-18-22-19-20-23-24(21-22)26(29)27-25(23)28/h19-21H,2-18H2,1H3,(H,27,28,29). The van der Waals surface area contributed by atoms with Gasteiger partial charge in [0.1, 0.15) is 0 Å². The molecule has 0 fully saturated rings. The molecule has 29 heavy (non-hydrogen) atoms. The minimum Gasteiger partial charge on any atom is -0.288 e. The largest absolute Gasteiger partial charge is 0.288 e. The van der Waals surface area contributed by atoms with E-state index in [1.807, 2.05) is 12.1 Å². The van der Waals surface area contributed by atoms with Gasteiger partial charge in [0, 0.05) is 0 Å². The summed E-state index contributed by atoms with van der Waals surface area (Å²) in [4.78, 5) is 23.3. The molecule has 0 atom stereocenters. The number of fused-ring (bicyclic) bond motifs is 1. The zero-order chi connectivity index (χ0) is 20.7. The lowest BCUT2D eigenvalue weighted by Gasteiger charge is -2.05. The Hall–Kier alpha value is -1.64. The molecule has 0 saturated heterocycles. The van der Waals surface area contributed by atoms with Crippen molar-refractivity contribution in [3.05, 3.63) is 34.9 Å². The molecule has 1 aromatic carbocycles. The molecule has 0 spiro atoms. The topological polar surface area (TPSA) is 46.2 Å². The highest BCUT2D eigenvalue weighted by Crippen LogP contribution is 2.19. The van der Waals surface area contributed by atoms with E-state index in [0.29, 0.717) is 11.1 Å². The molecule has 1 N–H and O–H groups in total. The fraction of sp³-hybridized carbons (Fsp3) is 0.692. The van der Waals surface area contributed by atoms with Crippen LogP contribution in [-0.4, -0.2) is 11.8 Å². The van der Waals surface area contributed by atoms with Gasteiger partial charge in [-0.3, -0.25) is 14.9 Å². The highest BCUT2D eigenvalue weighted by Gasteiger charge is 2.26. The van der Waals surface area contributed by atoms with Crippen molar-refractivity contribution < 1.29 is 9.59 Å². The van der Waals surface area contributed by atoms with Crippen LogP contribution in [0.15, 0.2) is 18.2 Å². The Labute approximate surface area is 178 Å². The lowest BCUT2D eigenvalue weighted by molar-refractivity contribution is 0.0879. The van der Waals surface area contributed by atoms with Crippen molar-refractivity contribution in [2.45, 2.75) is 116 Å². The number of benzene rings is 1. The Morgan fingerprint density at radius 2 is 1.03 bits per heavy atom. The van der Waals surface area contributed by atoms with Crippen LogP contribution < -0.4 is 5.32 Å². The number of aryl methyl sites for hydroxylation is 1. The third-order valence-corrected chi connectivity index (χ3v) is 6.12. The number of hydrogen-bond acceptors (Lipinski definition) is 2. The first-order valence-electron chi connectivity index (χ1n) is 12.2. The van der Waals surface area contributed by atoms with Gasteiger partial charge in [0.15, 0.2) is 0 Å². The molecule has 0 unspecified atom stereocenters. The first-order chi connectivity index (χ1) is 14.2. The normalized spacial score (nSPS) is 13.0. The maximum atomic E-state index is 11.7. The van der Waals surface area contributed by atoms with E-state index in [9.17, 15) is 9.59 Å². The molecule has 3 nitrogen and oxygen atoms in total. The summed E-state index contributed by atoms with van der Waals surface area (Å²) in [7, 11) is 0. The van der Waals surface area contributed by atoms with Crippen LogP contribution in [-0.2, 0) is 6.42 Å². The second-order valence-corrected chi connectivity index (χ2v) is 8.72. The number of amides is 2. The van der Waals surface area contributed by atoms with Gasteiger partial charge in [-0.1, -0.05) is 109 Å². The van der Waals surface area contributed by atoms with Crippen LogP contribution in [0.4, 0.5) is 0 Å². The number of carbonyl (C=O) groups excluding carboxylic acids is 2. The van der Waals surface area contributed by atoms with Gasteiger partial charge in [0.25, 0.3) is 11.8 Å². The summed E-state index contributed by atoms with van der Waals surface area (Å²) >= 11 is 0. The lowest BCUT2D eigenvalue weighted by atomic mass is 10.0. The van der Waals surface area contributed by atoms with Crippen LogP contribution in [0.1, 0.15) is 136 Å². The van der Waals surface area contributed by atoms with Gasteiger partial charge in [-0.2, -0.15) is 0 Å². The minimum absolute atomic E-state index is 0.251. The molecule has 2 rings (SSSR count). The summed E-state index contributed by atoms with van der Waals surface area (Å²) in [5.74, 6) is -0.516. The van der Waals surface area contributed by atoms with Crippen LogP contribution in [0.5, 0.6) is 0 Å². The molecular formula is C26H41NO2. The Morgan fingerprint density at radius 3 is 1.55 bits per heavy atom. The summed E-state index contributed by atoms with van der Waals surface area (Å²) in [5, 5.41) is 2.36. The van der Waals surface area contributed by atoms with E-state index in [4.69, 9.17) is 0 Å². The fourth-order valence-corrected chi connectivity index (χ4v) is 4.25. The molecule has 0 bridgehead atoms. The Morgan fingerprint density at radius 1 is 0.586 bits per heavy atom. The molecule has 0 aromatic heterocycles. The number of nitrogens with one attached hydrogen (secondary N) is 1. The average Bonchev–Trinajstić information content (AvgIpc) is 3.01. The third kappa shape index (κ3) is 9.14. The van der Waals surface area contributed by atoms with Crippen molar-refractivity contribution in [2.24, 2.45) is 0 Å². The Kier molecular flexibility index (Phi) is 11.7. The summed E-state index contributed by atoms with van der Waals surface area (Å²) < 4.78 is 0. The van der Waals surface area contributed by atoms with Gasteiger partial charge in [-0.05, 0) is 30.5 Å². The van der Waals surface area contributed by atoms with Crippen molar-refractivity contribution in [1.29, 1.82) is 0 Å². The zero-order valence-electron chi connectivity index (χ0n) is 18.6. The van der Waals surface area contributed by atoms with Gasteiger partial charge in [-0.15, -0.1) is 0 Å². The van der Waals surface area contributed by atoms with Crippen LogP contribution in [0.2, 0.25) is 0 Å². The average molecular weight is 400 g/mol. The van der Waals surface area contributed by atoms with Gasteiger partial charge in [-0.25, -0.2) is 0 Å². The Bertz CT molecular complexity index is 623. The predicted molar refractivity (Wildman–Crippen MR) is 121 cm³/mol. The van der Waals surface area contributed by atoms with Crippen LogP contribution in [0.25, 0.3) is 0 Å². The fourth-order valence-electron chi connectivity index (χ4n) is 4.25. The lowest BCUT2D eigenvalue weighted by Crippen LogP contribution is -2.19. The van der Waals surface area contributed by atoms with E-state index in [-0.39, 0.29) is 11.8 Å². The molecule has 1 aromatic rings. The van der Waals surface area contributed by atoms with Crippen molar-refractivity contribution >= 4 is 11.8 Å². The summed E-state index contributed by atoms with van der Waals surface area (Å²) in [6.07, 6.45) is 23.0. The molecule has 0 radical (unpaired) electrons. The molecule has 3 heteroatoms. The van der Waals surface area contributed by atoms with Crippen molar-refractivity contribution in [1.82, 2.24) is 5.32 Å². The number of hydrogen-bond donors (Lipinski definition) is 1. The Balaban J connectivity index is 1.38. The number of unbranched alkanes of at least 4 members (excludes halogenated alkanes) is 15. The first-order valence-corrected chi connectivity index (χ1v) is 12.2. The maximum Gasteiger partial charge on any atom is 0.258 e. The summed E-state index contributed by atoms with van der Waals surface area (Å²) in [6, 6.07) is 5.67. The van der Waals surface area contributed by atoms with Gasteiger partial charge >= 0.3 is 0 Å². The number of carbonyl (C=O) groups is 2. The molecule has 2 amide bonds. The summed E-state index contributed by atoms with van der Waals surface area (Å²) in [5.41, 5.74) is 2.23. The minimum atomic E-state index is -0.265. The van der Waals surface area contributed by atoms with Gasteiger partial charge in [0.05, 0.1) is 11.1 Å². The van der Waals surface area contributed by atoms with Crippen LogP contribution in [0.3, 0.4) is 0 Å². The molecular weight excluding hydrogens is 358 g/mol. The van der Waals surface area contributed by atoms with Crippen LogP contribution in [0, 0.1) is 0 Å². The van der Waals surface area contributed by atoms with E-state index in [0.717, 1.165) is 12.8 Å². The SMILES string of the molecule is CCCCCCCCCCCCCCCCCCc1ccc2c(c1)C(=O)NC2=O. The molecule has 162 valence electrons. The highest BCUT2D eigenvalue weighted by atomic mass is 16.2. The maximum absolute atomic E-state index is 11.7. The molecule has 1 aliphatic heterocycles. The summed E-state index contributed by atoms with van der Waals surface area (Å²) in [6.45, 7) is 2.28. The smallest absolute Gasteiger partial charge is 0.258 e. The van der Waals surface area contributed by atoms with E-state index < -0.39 is 0 Å². The monoisotopic (exact) mass is 399 g/mol. The van der Waals surface area contributed by atoms with Crippen LogP contribution >= 0.6 is 0 Å². The van der Waals surface area contributed by atoms with E-state index in [1.54, 1.807) is 6.07 Å². The second kappa shape index (κ2) is 14.4. The number of rotatable bonds is 17. The zero-order valence-corrected chi connectivity index (χ0v) is 18.6. The third-order valence-electron chi connectivity index (χ3n) is 6.12. The van der Waals surface area contributed by atoms with Crippen molar-refractivity contribution in [3.8, 4) is 0 Å². The quantitative estimate of drug-likeness (QED) is 0.219. The van der Waals surface area contributed by atoms with Crippen molar-refractivity contribution in [3.63, 3.8) is 0 Å². The van der Waals surface area contributed by atoms with Crippen molar-refractivity contribution in [2.75, 3.05) is 0 Å². The first kappa shape index (κ1) is 23.6. The molecule has 0 aliphatic carbocycles.